The van der Waals surface area contributed by atoms with Gasteiger partial charge in [0.05, 0.1) is 56.3 Å². The Kier molecular flexibility index (Phi) is 20.4. The molecular formula is C68H80N16O5. The molecule has 5 aromatic carbocycles. The molecule has 0 saturated carbocycles. The Bertz CT molecular complexity index is 3820. The molecule has 2 aliphatic rings. The molecule has 89 heavy (non-hydrogen) atoms. The standard InChI is InChI=1S/C38H44N8O3.C30H36N8O2/c1-6-27-9-8-10-28(7-2)36(27)42-37(47)33-24-34(46(43-33)25-26-11-14-30(48-4)15-12-26)31-17-18-39-38(40-31)41-32-16-13-29(23-35(32)49-5)45-21-19-44(3)20-22-45;1-5-20-8-7-9-21(6-2)28(20)34-29(39)26-19-25(35-36-26)23-12-13-31-30(32-23)33-24-11-10-22(18-27(24)40-4)38-16-14-37(3)15-17-38/h8-18,23-24H,6-7,19-22,25H2,1-5H3,(H,42,47)(H,39,40,41);7-13,18-19H,5-6,14-17H2,1-4H3,(H,34,39)(H,35,36)(H,31,32,33). The molecule has 2 fully saturated rings. The third-order valence-corrected chi connectivity index (χ3v) is 16.2. The highest BCUT2D eigenvalue weighted by Gasteiger charge is 2.23. The number of hydrogen-bond acceptors (Lipinski definition) is 17. The maximum absolute atomic E-state index is 13.8. The fourth-order valence-electron chi connectivity index (χ4n) is 10.9. The van der Waals surface area contributed by atoms with Gasteiger partial charge in [-0.1, -0.05) is 76.2 Å². The summed E-state index contributed by atoms with van der Waals surface area (Å²) in [6.45, 7) is 16.8. The summed E-state index contributed by atoms with van der Waals surface area (Å²) in [5.74, 6) is 2.47. The van der Waals surface area contributed by atoms with Gasteiger partial charge in [-0.25, -0.2) is 19.9 Å². The van der Waals surface area contributed by atoms with Crippen LogP contribution in [0.5, 0.6) is 17.2 Å². The molecule has 2 saturated heterocycles. The Hall–Kier alpha value is -9.86. The molecule has 0 bridgehead atoms. The molecule has 9 aromatic rings. The van der Waals surface area contributed by atoms with Gasteiger partial charge in [-0.3, -0.25) is 19.4 Å². The van der Waals surface area contributed by atoms with Gasteiger partial charge in [-0.15, -0.1) is 0 Å². The fraction of sp³-hybridized carbons (Fsp3) is 0.324. The van der Waals surface area contributed by atoms with E-state index in [1.165, 1.54) is 0 Å². The number of benzene rings is 5. The summed E-state index contributed by atoms with van der Waals surface area (Å²) < 4.78 is 18.6. The number of nitrogens with one attached hydrogen (secondary N) is 5. The minimum atomic E-state index is -0.275. The van der Waals surface area contributed by atoms with Crippen molar-refractivity contribution in [1.29, 1.82) is 0 Å². The molecule has 21 heteroatoms. The largest absolute Gasteiger partial charge is 0.497 e. The number of amides is 2. The summed E-state index contributed by atoms with van der Waals surface area (Å²) in [5.41, 5.74) is 14.0. The number of aromatic amines is 1. The molecule has 6 heterocycles. The van der Waals surface area contributed by atoms with Gasteiger partial charge < -0.3 is 55.1 Å². The van der Waals surface area contributed by atoms with Gasteiger partial charge in [0.2, 0.25) is 11.9 Å². The predicted molar refractivity (Wildman–Crippen MR) is 353 cm³/mol. The molecule has 0 atom stereocenters. The van der Waals surface area contributed by atoms with E-state index in [2.05, 4.69) is 120 Å². The minimum absolute atomic E-state index is 0.244. The Morgan fingerprint density at radius 2 is 1.01 bits per heavy atom. The molecule has 0 spiro atoms. The molecule has 462 valence electrons. The maximum Gasteiger partial charge on any atom is 0.276 e. The van der Waals surface area contributed by atoms with E-state index in [0.717, 1.165) is 146 Å². The van der Waals surface area contributed by atoms with Crippen molar-refractivity contribution in [3.8, 4) is 40.0 Å². The highest BCUT2D eigenvalue weighted by molar-refractivity contribution is 6.05. The first kappa shape index (κ1) is 62.2. The van der Waals surface area contributed by atoms with Gasteiger partial charge in [-0.2, -0.15) is 10.2 Å². The number of hydrogen-bond donors (Lipinski definition) is 5. The lowest BCUT2D eigenvalue weighted by molar-refractivity contribution is 0.101. The summed E-state index contributed by atoms with van der Waals surface area (Å²) in [4.78, 5) is 54.6. The van der Waals surface area contributed by atoms with E-state index in [4.69, 9.17) is 24.3 Å². The number of ether oxygens (including phenoxy) is 3. The third-order valence-electron chi connectivity index (χ3n) is 16.2. The molecule has 5 N–H and O–H groups in total. The number of rotatable bonds is 21. The number of anilines is 8. The zero-order chi connectivity index (χ0) is 62.4. The van der Waals surface area contributed by atoms with Crippen molar-refractivity contribution in [2.75, 3.05) is 119 Å². The van der Waals surface area contributed by atoms with Crippen LogP contribution in [0.4, 0.5) is 46.0 Å². The molecule has 0 aliphatic carbocycles. The molecule has 2 amide bonds. The highest BCUT2D eigenvalue weighted by Crippen LogP contribution is 2.35. The minimum Gasteiger partial charge on any atom is -0.497 e. The second kappa shape index (κ2) is 29.2. The summed E-state index contributed by atoms with van der Waals surface area (Å²) in [5, 5.41) is 24.8. The van der Waals surface area contributed by atoms with E-state index < -0.39 is 0 Å². The van der Waals surface area contributed by atoms with Crippen molar-refractivity contribution in [3.63, 3.8) is 0 Å². The smallest absolute Gasteiger partial charge is 0.276 e. The van der Waals surface area contributed by atoms with Gasteiger partial charge in [0.15, 0.2) is 5.69 Å². The molecular weight excluding hydrogens is 1120 g/mol. The number of likely N-dealkylation sites (N-methyl/N-ethyl adjacent to an activating group) is 2. The van der Waals surface area contributed by atoms with Crippen molar-refractivity contribution in [1.82, 2.24) is 49.7 Å². The van der Waals surface area contributed by atoms with Crippen LogP contribution in [-0.4, -0.2) is 149 Å². The Morgan fingerprint density at radius 3 is 1.49 bits per heavy atom. The second-order valence-corrected chi connectivity index (χ2v) is 21.9. The molecule has 0 radical (unpaired) electrons. The molecule has 21 nitrogen and oxygen atoms in total. The first-order chi connectivity index (χ1) is 43.4. The number of methoxy groups -OCH3 is 3. The van der Waals surface area contributed by atoms with Gasteiger partial charge in [-0.05, 0) is 128 Å². The second-order valence-electron chi connectivity index (χ2n) is 21.9. The lowest BCUT2D eigenvalue weighted by Gasteiger charge is -2.34. The normalized spacial score (nSPS) is 13.5. The Balaban J connectivity index is 0.000000200. The number of carbonyl (C=O) groups excluding carboxylic acids is 2. The van der Waals surface area contributed by atoms with Gasteiger partial charge in [0, 0.05) is 99.6 Å². The number of aryl methyl sites for hydroxylation is 4. The monoisotopic (exact) mass is 1200 g/mol. The fourth-order valence-corrected chi connectivity index (χ4v) is 10.9. The van der Waals surface area contributed by atoms with Crippen LogP contribution in [0.25, 0.3) is 22.8 Å². The van der Waals surface area contributed by atoms with Crippen molar-refractivity contribution in [2.24, 2.45) is 0 Å². The number of para-hydroxylation sites is 2. The zero-order valence-electron chi connectivity index (χ0n) is 52.4. The van der Waals surface area contributed by atoms with E-state index in [9.17, 15) is 9.59 Å². The Morgan fingerprint density at radius 1 is 0.528 bits per heavy atom. The van der Waals surface area contributed by atoms with Crippen LogP contribution in [0.1, 0.15) is 76.5 Å². The van der Waals surface area contributed by atoms with E-state index in [0.29, 0.717) is 64.1 Å². The average Bonchev–Trinajstić information content (AvgIpc) is 2.30. The van der Waals surface area contributed by atoms with Crippen LogP contribution < -0.4 is 45.3 Å². The summed E-state index contributed by atoms with van der Waals surface area (Å²) in [6.07, 6.45) is 6.64. The topological polar surface area (TPSA) is 221 Å². The van der Waals surface area contributed by atoms with E-state index >= 15 is 0 Å². The van der Waals surface area contributed by atoms with Gasteiger partial charge in [0.25, 0.3) is 11.8 Å². The van der Waals surface area contributed by atoms with Crippen molar-refractivity contribution in [3.05, 3.63) is 173 Å². The lowest BCUT2D eigenvalue weighted by atomic mass is 10.0. The first-order valence-electron chi connectivity index (χ1n) is 30.4. The number of nitrogens with zero attached hydrogens (tertiary/aromatic N) is 11. The molecule has 0 unspecified atom stereocenters. The Labute approximate surface area is 520 Å². The molecule has 2 aliphatic heterocycles. The number of carbonyl (C=O) groups is 2. The summed E-state index contributed by atoms with van der Waals surface area (Å²) in [6, 6.07) is 39.4. The van der Waals surface area contributed by atoms with Crippen LogP contribution in [-0.2, 0) is 32.2 Å². The average molecular weight is 1200 g/mol. The van der Waals surface area contributed by atoms with Crippen molar-refractivity contribution in [2.45, 2.75) is 59.9 Å². The van der Waals surface area contributed by atoms with Crippen LogP contribution in [0.3, 0.4) is 0 Å². The number of H-pyrrole nitrogens is 1. The van der Waals surface area contributed by atoms with E-state index in [-0.39, 0.29) is 11.8 Å². The lowest BCUT2D eigenvalue weighted by Crippen LogP contribution is -2.44. The van der Waals surface area contributed by atoms with Gasteiger partial charge in [0.1, 0.15) is 28.6 Å². The SMILES string of the molecule is CCc1cccc(CC)c1NC(=O)c1cc(-c2ccnc(Nc3ccc(N4CCN(C)CC4)cc3OC)n2)n(Cc2ccc(OC)cc2)n1.CCc1cccc(CC)c1NC(=O)c1cc(-c2ccnc(Nc3ccc(N4CCN(C)CC4)cc3OC)n2)n[nH]1. The molecule has 11 rings (SSSR count). The third kappa shape index (κ3) is 15.1. The maximum atomic E-state index is 13.8. The van der Waals surface area contributed by atoms with Crippen molar-refractivity contribution < 1.29 is 23.8 Å². The summed E-state index contributed by atoms with van der Waals surface area (Å²) >= 11 is 0. The van der Waals surface area contributed by atoms with Crippen LogP contribution in [0, 0.1) is 0 Å². The first-order valence-corrected chi connectivity index (χ1v) is 30.4. The van der Waals surface area contributed by atoms with E-state index in [1.54, 1.807) is 56.6 Å². The van der Waals surface area contributed by atoms with Crippen LogP contribution in [0.15, 0.2) is 134 Å². The van der Waals surface area contributed by atoms with Gasteiger partial charge >= 0.3 is 0 Å². The predicted octanol–water partition coefficient (Wildman–Crippen LogP) is 11.0. The van der Waals surface area contributed by atoms with E-state index in [1.807, 2.05) is 91.0 Å². The number of aromatic nitrogens is 8. The molecule has 4 aromatic heterocycles. The van der Waals surface area contributed by atoms with Crippen molar-refractivity contribution >= 4 is 57.8 Å². The van der Waals surface area contributed by atoms with Crippen LogP contribution >= 0.6 is 0 Å². The number of piperazine rings is 2. The summed E-state index contributed by atoms with van der Waals surface area (Å²) in [7, 11) is 9.26. The quantitative estimate of drug-likeness (QED) is 0.0451. The highest BCUT2D eigenvalue weighted by atomic mass is 16.5. The van der Waals surface area contributed by atoms with Crippen LogP contribution in [0.2, 0.25) is 0 Å². The zero-order valence-corrected chi connectivity index (χ0v) is 52.4.